The largest absolute Gasteiger partial charge is 0.494 e. The summed E-state index contributed by atoms with van der Waals surface area (Å²) in [5, 5.41) is 9.63. The van der Waals surface area contributed by atoms with E-state index < -0.39 is 15.9 Å². The van der Waals surface area contributed by atoms with E-state index in [1.165, 1.54) is 4.31 Å². The molecule has 0 aliphatic carbocycles. The molecule has 2 N–H and O–H groups in total. The minimum Gasteiger partial charge on any atom is -0.494 e. The first kappa shape index (κ1) is 23.1. The van der Waals surface area contributed by atoms with Crippen LogP contribution < -0.4 is 14.8 Å². The Morgan fingerprint density at radius 1 is 1.26 bits per heavy atom. The Morgan fingerprint density at radius 3 is 2.65 bits per heavy atom. The molecule has 1 fully saturated rings. The summed E-state index contributed by atoms with van der Waals surface area (Å²) in [5.41, 5.74) is 1.44. The van der Waals surface area contributed by atoms with E-state index in [0.29, 0.717) is 61.2 Å². The molecule has 170 valence electrons. The van der Waals surface area contributed by atoms with Crippen molar-refractivity contribution in [1.29, 1.82) is 0 Å². The summed E-state index contributed by atoms with van der Waals surface area (Å²) in [5.74, 6) is 0.459. The molecule has 1 aromatic heterocycles. The Bertz CT molecular complexity index is 1010. The number of hydrogen-bond acceptors (Lipinski definition) is 6. The Labute approximate surface area is 183 Å². The van der Waals surface area contributed by atoms with Crippen molar-refractivity contribution < 1.29 is 22.7 Å². The summed E-state index contributed by atoms with van der Waals surface area (Å²) in [7, 11) is -3.74. The van der Waals surface area contributed by atoms with Gasteiger partial charge in [-0.3, -0.25) is 9.89 Å². The molecule has 1 saturated heterocycles. The molecule has 1 amide bonds. The summed E-state index contributed by atoms with van der Waals surface area (Å²) in [6.45, 7) is 8.54. The second kappa shape index (κ2) is 9.69. The molecule has 0 saturated carbocycles. The molecular weight excluding hydrogens is 420 g/mol. The topological polar surface area (TPSA) is 114 Å². The highest BCUT2D eigenvalue weighted by Gasteiger charge is 2.36. The fourth-order valence-corrected chi connectivity index (χ4v) is 5.66. The number of rotatable bonds is 8. The SMILES string of the molecule is CCOc1ccc(OCC)c(NC(=O)[C@H]2CCCN(S(=O)(=O)c3c(C)n[nH]c3C)C2)c1. The molecule has 1 aliphatic heterocycles. The first-order valence-electron chi connectivity index (χ1n) is 10.5. The van der Waals surface area contributed by atoms with Crippen molar-refractivity contribution in [1.82, 2.24) is 14.5 Å². The molecule has 10 heteroatoms. The first-order chi connectivity index (χ1) is 14.8. The molecule has 1 aliphatic rings. The van der Waals surface area contributed by atoms with Crippen LogP contribution in [0.2, 0.25) is 0 Å². The summed E-state index contributed by atoms with van der Waals surface area (Å²) in [6.07, 6.45) is 1.21. The van der Waals surface area contributed by atoms with Gasteiger partial charge in [-0.25, -0.2) is 8.42 Å². The van der Waals surface area contributed by atoms with E-state index in [1.54, 1.807) is 32.0 Å². The standard InChI is InChI=1S/C21H30N4O5S/c1-5-29-17-9-10-19(30-6-2)18(12-17)22-21(26)16-8-7-11-25(13-16)31(27,28)20-14(3)23-24-15(20)4/h9-10,12,16H,5-8,11,13H2,1-4H3,(H,22,26)(H,23,24)/t16-/m0/s1. The number of benzene rings is 1. The zero-order chi connectivity index (χ0) is 22.6. The number of carbonyl (C=O) groups excluding carboxylic acids is 1. The Balaban J connectivity index is 1.78. The number of amides is 1. The smallest absolute Gasteiger partial charge is 0.246 e. The van der Waals surface area contributed by atoms with Crippen molar-refractivity contribution in [2.75, 3.05) is 31.6 Å². The molecule has 0 bridgehead atoms. The van der Waals surface area contributed by atoms with E-state index in [-0.39, 0.29) is 17.3 Å². The van der Waals surface area contributed by atoms with E-state index >= 15 is 0 Å². The molecule has 3 rings (SSSR count). The third kappa shape index (κ3) is 5.01. The molecule has 0 unspecified atom stereocenters. The predicted molar refractivity (Wildman–Crippen MR) is 117 cm³/mol. The summed E-state index contributed by atoms with van der Waals surface area (Å²) in [4.78, 5) is 13.2. The zero-order valence-electron chi connectivity index (χ0n) is 18.4. The van der Waals surface area contributed by atoms with Crippen LogP contribution in [0.4, 0.5) is 5.69 Å². The molecule has 9 nitrogen and oxygen atoms in total. The highest BCUT2D eigenvalue weighted by Crippen LogP contribution is 2.32. The maximum Gasteiger partial charge on any atom is 0.246 e. The van der Waals surface area contributed by atoms with Crippen LogP contribution in [-0.4, -0.2) is 55.1 Å². The normalized spacial score (nSPS) is 17.4. The van der Waals surface area contributed by atoms with Gasteiger partial charge in [0.05, 0.1) is 36.2 Å². The maximum absolute atomic E-state index is 13.2. The average Bonchev–Trinajstić information content (AvgIpc) is 3.09. The highest BCUT2D eigenvalue weighted by molar-refractivity contribution is 7.89. The van der Waals surface area contributed by atoms with Gasteiger partial charge in [-0.2, -0.15) is 9.40 Å². The number of carbonyl (C=O) groups is 1. The number of sulfonamides is 1. The van der Waals surface area contributed by atoms with Gasteiger partial charge in [0.25, 0.3) is 0 Å². The van der Waals surface area contributed by atoms with Crippen molar-refractivity contribution >= 4 is 21.6 Å². The number of aromatic amines is 1. The lowest BCUT2D eigenvalue weighted by molar-refractivity contribution is -0.120. The number of nitrogens with one attached hydrogen (secondary N) is 2. The van der Waals surface area contributed by atoms with E-state index in [2.05, 4.69) is 15.5 Å². The van der Waals surface area contributed by atoms with Gasteiger partial charge in [0.1, 0.15) is 16.4 Å². The maximum atomic E-state index is 13.2. The lowest BCUT2D eigenvalue weighted by Gasteiger charge is -2.31. The van der Waals surface area contributed by atoms with Crippen molar-refractivity contribution in [3.63, 3.8) is 0 Å². The van der Waals surface area contributed by atoms with Crippen LogP contribution in [0.1, 0.15) is 38.1 Å². The number of anilines is 1. The van der Waals surface area contributed by atoms with E-state index in [1.807, 2.05) is 13.8 Å². The van der Waals surface area contributed by atoms with Crippen molar-refractivity contribution in [3.8, 4) is 11.5 Å². The number of hydrogen-bond donors (Lipinski definition) is 2. The van der Waals surface area contributed by atoms with Gasteiger partial charge in [-0.1, -0.05) is 0 Å². The second-order valence-corrected chi connectivity index (χ2v) is 9.35. The monoisotopic (exact) mass is 450 g/mol. The molecule has 1 atom stereocenters. The summed E-state index contributed by atoms with van der Waals surface area (Å²) >= 11 is 0. The second-order valence-electron chi connectivity index (χ2n) is 7.48. The first-order valence-corrected chi connectivity index (χ1v) is 11.9. The zero-order valence-corrected chi connectivity index (χ0v) is 19.2. The average molecular weight is 451 g/mol. The van der Waals surface area contributed by atoms with Crippen molar-refractivity contribution in [2.24, 2.45) is 5.92 Å². The molecule has 31 heavy (non-hydrogen) atoms. The van der Waals surface area contributed by atoms with Crippen LogP contribution in [0, 0.1) is 19.8 Å². The Hall–Kier alpha value is -2.59. The van der Waals surface area contributed by atoms with Gasteiger partial charge in [-0.15, -0.1) is 0 Å². The van der Waals surface area contributed by atoms with Crippen molar-refractivity contribution in [3.05, 3.63) is 29.6 Å². The lowest BCUT2D eigenvalue weighted by Crippen LogP contribution is -2.44. The van der Waals surface area contributed by atoms with E-state index in [0.717, 1.165) is 0 Å². The van der Waals surface area contributed by atoms with Crippen LogP contribution in [0.5, 0.6) is 11.5 Å². The number of piperidine rings is 1. The number of H-pyrrole nitrogens is 1. The van der Waals surface area contributed by atoms with E-state index in [9.17, 15) is 13.2 Å². The molecule has 0 radical (unpaired) electrons. The van der Waals surface area contributed by atoms with Gasteiger partial charge in [0, 0.05) is 19.2 Å². The van der Waals surface area contributed by atoms with Crippen LogP contribution >= 0.6 is 0 Å². The number of aryl methyl sites for hydroxylation is 2. The van der Waals surface area contributed by atoms with Gasteiger partial charge in [0.2, 0.25) is 15.9 Å². The van der Waals surface area contributed by atoms with Crippen LogP contribution in [-0.2, 0) is 14.8 Å². The van der Waals surface area contributed by atoms with Crippen LogP contribution in [0.25, 0.3) is 0 Å². The lowest BCUT2D eigenvalue weighted by atomic mass is 9.98. The van der Waals surface area contributed by atoms with Gasteiger partial charge >= 0.3 is 0 Å². The molecule has 1 aromatic carbocycles. The Kier molecular flexibility index (Phi) is 7.22. The minimum atomic E-state index is -3.74. The highest BCUT2D eigenvalue weighted by atomic mass is 32.2. The molecule has 0 spiro atoms. The third-order valence-corrected chi connectivity index (χ3v) is 7.36. The summed E-state index contributed by atoms with van der Waals surface area (Å²) < 4.78 is 38.9. The van der Waals surface area contributed by atoms with E-state index in [4.69, 9.17) is 9.47 Å². The number of nitrogens with zero attached hydrogens (tertiary/aromatic N) is 2. The summed E-state index contributed by atoms with van der Waals surface area (Å²) in [6, 6.07) is 5.27. The van der Waals surface area contributed by atoms with Crippen LogP contribution in [0.3, 0.4) is 0 Å². The Morgan fingerprint density at radius 2 is 2.00 bits per heavy atom. The number of aromatic nitrogens is 2. The van der Waals surface area contributed by atoms with Gasteiger partial charge < -0.3 is 14.8 Å². The molecule has 2 heterocycles. The van der Waals surface area contributed by atoms with Gasteiger partial charge in [0.15, 0.2) is 0 Å². The quantitative estimate of drug-likeness (QED) is 0.639. The number of ether oxygens (including phenoxy) is 2. The molecular formula is C21H30N4O5S. The predicted octanol–water partition coefficient (Wildman–Crippen LogP) is 2.86. The third-order valence-electron chi connectivity index (χ3n) is 5.23. The molecule has 2 aromatic rings. The van der Waals surface area contributed by atoms with Crippen molar-refractivity contribution in [2.45, 2.75) is 45.4 Å². The van der Waals surface area contributed by atoms with Gasteiger partial charge in [-0.05, 0) is 52.7 Å². The fraction of sp³-hybridized carbons (Fsp3) is 0.524. The minimum absolute atomic E-state index is 0.118. The fourth-order valence-electron chi connectivity index (χ4n) is 3.80. The van der Waals surface area contributed by atoms with Crippen LogP contribution in [0.15, 0.2) is 23.1 Å².